The Morgan fingerprint density at radius 2 is 2.41 bits per heavy atom. The van der Waals surface area contributed by atoms with Gasteiger partial charge in [-0.1, -0.05) is 13.3 Å². The summed E-state index contributed by atoms with van der Waals surface area (Å²) in [7, 11) is 0. The van der Waals surface area contributed by atoms with Crippen LogP contribution in [0.15, 0.2) is 15.9 Å². The smallest absolute Gasteiger partial charge is 0.0400 e. The fourth-order valence-corrected chi connectivity index (χ4v) is 5.48. The molecule has 3 unspecified atom stereocenters. The van der Waals surface area contributed by atoms with Crippen molar-refractivity contribution in [3.8, 4) is 0 Å². The van der Waals surface area contributed by atoms with Crippen molar-refractivity contribution in [2.24, 2.45) is 0 Å². The maximum Gasteiger partial charge on any atom is 0.0400 e. The molecule has 0 aliphatic heterocycles. The Hall–Kier alpha value is 0.490. The first-order valence-corrected chi connectivity index (χ1v) is 9.05. The average Bonchev–Trinajstić information content (AvgIpc) is 2.89. The average molecular weight is 334 g/mol. The zero-order chi connectivity index (χ0) is 12.3. The summed E-state index contributed by atoms with van der Waals surface area (Å²) in [6, 6.07) is 3.31. The van der Waals surface area contributed by atoms with E-state index in [0.29, 0.717) is 12.1 Å². The minimum Gasteiger partial charge on any atom is -0.306 e. The van der Waals surface area contributed by atoms with Crippen LogP contribution in [-0.2, 0) is 0 Å². The molecule has 1 aromatic rings. The van der Waals surface area contributed by atoms with Crippen LogP contribution in [-0.4, -0.2) is 17.0 Å². The van der Waals surface area contributed by atoms with Crippen molar-refractivity contribution in [3.63, 3.8) is 0 Å². The lowest BCUT2D eigenvalue weighted by Gasteiger charge is -2.24. The summed E-state index contributed by atoms with van der Waals surface area (Å²) < 4.78 is 1.25. The lowest BCUT2D eigenvalue weighted by Crippen LogP contribution is -2.35. The van der Waals surface area contributed by atoms with Gasteiger partial charge in [0.05, 0.1) is 0 Å². The normalized spacial score (nSPS) is 26.3. The van der Waals surface area contributed by atoms with Crippen LogP contribution in [0, 0.1) is 0 Å². The van der Waals surface area contributed by atoms with E-state index in [1.54, 1.807) is 0 Å². The number of thioether (sulfide) groups is 1. The van der Waals surface area contributed by atoms with Crippen molar-refractivity contribution in [1.82, 2.24) is 5.32 Å². The summed E-state index contributed by atoms with van der Waals surface area (Å²) in [5.74, 6) is 1.24. The van der Waals surface area contributed by atoms with Gasteiger partial charge in [0, 0.05) is 26.7 Å². The molecule has 3 atom stereocenters. The molecule has 2 rings (SSSR count). The van der Waals surface area contributed by atoms with Crippen LogP contribution in [0.3, 0.4) is 0 Å². The fraction of sp³-hybridized carbons (Fsp3) is 0.692. The van der Waals surface area contributed by atoms with E-state index >= 15 is 0 Å². The molecule has 1 heterocycles. The molecule has 1 aliphatic carbocycles. The van der Waals surface area contributed by atoms with E-state index in [1.807, 2.05) is 11.3 Å². The quantitative estimate of drug-likeness (QED) is 0.827. The molecule has 1 aliphatic rings. The van der Waals surface area contributed by atoms with Gasteiger partial charge in [-0.25, -0.2) is 0 Å². The van der Waals surface area contributed by atoms with Crippen molar-refractivity contribution in [1.29, 1.82) is 0 Å². The van der Waals surface area contributed by atoms with E-state index in [4.69, 9.17) is 0 Å². The van der Waals surface area contributed by atoms with Crippen LogP contribution < -0.4 is 5.32 Å². The monoisotopic (exact) mass is 333 g/mol. The van der Waals surface area contributed by atoms with Gasteiger partial charge in [0.1, 0.15) is 0 Å². The molecule has 96 valence electrons. The molecule has 0 aromatic carbocycles. The molecule has 4 heteroatoms. The first kappa shape index (κ1) is 13.9. The van der Waals surface area contributed by atoms with E-state index in [0.717, 1.165) is 5.25 Å². The molecule has 0 saturated heterocycles. The zero-order valence-electron chi connectivity index (χ0n) is 10.4. The van der Waals surface area contributed by atoms with E-state index in [9.17, 15) is 0 Å². The predicted octanol–water partition coefficient (Wildman–Crippen LogP) is 4.84. The van der Waals surface area contributed by atoms with Gasteiger partial charge in [0.2, 0.25) is 0 Å². The highest BCUT2D eigenvalue weighted by atomic mass is 79.9. The van der Waals surface area contributed by atoms with E-state index in [1.165, 1.54) is 34.4 Å². The molecular weight excluding hydrogens is 314 g/mol. The fourth-order valence-electron chi connectivity index (χ4n) is 2.54. The van der Waals surface area contributed by atoms with Crippen LogP contribution in [0.5, 0.6) is 0 Å². The number of nitrogens with one attached hydrogen (secondary N) is 1. The van der Waals surface area contributed by atoms with Gasteiger partial charge < -0.3 is 5.32 Å². The summed E-state index contributed by atoms with van der Waals surface area (Å²) in [5.41, 5.74) is 0. The van der Waals surface area contributed by atoms with Crippen LogP contribution in [0.4, 0.5) is 0 Å². The molecule has 17 heavy (non-hydrogen) atoms. The van der Waals surface area contributed by atoms with Crippen molar-refractivity contribution in [2.75, 3.05) is 5.75 Å². The number of hydrogen-bond acceptors (Lipinski definition) is 3. The Bertz CT molecular complexity index is 353. The molecule has 1 saturated carbocycles. The number of halogens is 1. The Kier molecular flexibility index (Phi) is 5.40. The van der Waals surface area contributed by atoms with Gasteiger partial charge in [0.25, 0.3) is 0 Å². The predicted molar refractivity (Wildman–Crippen MR) is 83.1 cm³/mol. The number of thiophene rings is 1. The molecule has 1 aromatic heterocycles. The molecule has 1 fully saturated rings. The summed E-state index contributed by atoms with van der Waals surface area (Å²) in [6.07, 6.45) is 4.10. The third-order valence-electron chi connectivity index (χ3n) is 3.34. The minimum atomic E-state index is 0.465. The SMILES string of the molecule is CCSC1CCCC1NC(C)c1sccc1Br. The van der Waals surface area contributed by atoms with E-state index in [-0.39, 0.29) is 0 Å². The second kappa shape index (κ2) is 6.60. The zero-order valence-corrected chi connectivity index (χ0v) is 13.6. The molecule has 0 radical (unpaired) electrons. The second-order valence-corrected chi connectivity index (χ2v) is 7.87. The first-order chi connectivity index (χ1) is 8.22. The Balaban J connectivity index is 1.94. The molecule has 0 spiro atoms. The maximum atomic E-state index is 3.82. The van der Waals surface area contributed by atoms with Crippen molar-refractivity contribution >= 4 is 39.0 Å². The first-order valence-electron chi connectivity index (χ1n) is 6.33. The van der Waals surface area contributed by atoms with E-state index in [2.05, 4.69) is 58.3 Å². The summed E-state index contributed by atoms with van der Waals surface area (Å²) in [4.78, 5) is 1.43. The minimum absolute atomic E-state index is 0.465. The van der Waals surface area contributed by atoms with Crippen LogP contribution in [0.25, 0.3) is 0 Å². The number of rotatable bonds is 5. The molecular formula is C13H20BrNS2. The molecule has 0 bridgehead atoms. The molecule has 1 N–H and O–H groups in total. The molecule has 1 nitrogen and oxygen atoms in total. The largest absolute Gasteiger partial charge is 0.306 e. The van der Waals surface area contributed by atoms with Crippen molar-refractivity contribution < 1.29 is 0 Å². The highest BCUT2D eigenvalue weighted by Crippen LogP contribution is 2.34. The second-order valence-electron chi connectivity index (χ2n) is 4.55. The third-order valence-corrected chi connectivity index (χ3v) is 6.71. The lowest BCUT2D eigenvalue weighted by molar-refractivity contribution is 0.471. The standard InChI is InChI=1S/C13H20BrNS2/c1-3-16-12-6-4-5-11(12)15-9(2)13-10(14)7-8-17-13/h7-9,11-12,15H,3-6H2,1-2H3. The summed E-state index contributed by atoms with van der Waals surface area (Å²) >= 11 is 7.59. The highest BCUT2D eigenvalue weighted by Gasteiger charge is 2.28. The maximum absolute atomic E-state index is 3.82. The topological polar surface area (TPSA) is 12.0 Å². The third kappa shape index (κ3) is 3.49. The van der Waals surface area contributed by atoms with Crippen LogP contribution >= 0.6 is 39.0 Å². The Morgan fingerprint density at radius 3 is 3.06 bits per heavy atom. The Morgan fingerprint density at radius 1 is 1.59 bits per heavy atom. The van der Waals surface area contributed by atoms with E-state index < -0.39 is 0 Å². The van der Waals surface area contributed by atoms with Gasteiger partial charge in [0.15, 0.2) is 0 Å². The van der Waals surface area contributed by atoms with Crippen LogP contribution in [0.1, 0.15) is 44.0 Å². The summed E-state index contributed by atoms with van der Waals surface area (Å²) in [5, 5.41) is 6.79. The summed E-state index contributed by atoms with van der Waals surface area (Å²) in [6.45, 7) is 4.54. The van der Waals surface area contributed by atoms with Crippen molar-refractivity contribution in [2.45, 2.75) is 50.4 Å². The van der Waals surface area contributed by atoms with Gasteiger partial charge >= 0.3 is 0 Å². The van der Waals surface area contributed by atoms with Gasteiger partial charge in [-0.05, 0) is 52.9 Å². The molecule has 0 amide bonds. The number of hydrogen-bond donors (Lipinski definition) is 1. The highest BCUT2D eigenvalue weighted by molar-refractivity contribution is 9.10. The van der Waals surface area contributed by atoms with Gasteiger partial charge in [-0.15, -0.1) is 11.3 Å². The Labute approximate surface area is 121 Å². The van der Waals surface area contributed by atoms with Gasteiger partial charge in [-0.2, -0.15) is 11.8 Å². The van der Waals surface area contributed by atoms with Gasteiger partial charge in [-0.3, -0.25) is 0 Å². The lowest BCUT2D eigenvalue weighted by atomic mass is 10.2. The van der Waals surface area contributed by atoms with Crippen LogP contribution in [0.2, 0.25) is 0 Å². The van der Waals surface area contributed by atoms with Crippen molar-refractivity contribution in [3.05, 3.63) is 20.8 Å².